The zero-order chi connectivity index (χ0) is 19.8. The number of hydrogen-bond acceptors (Lipinski definition) is 3. The Morgan fingerprint density at radius 1 is 1.03 bits per heavy atom. The van der Waals surface area contributed by atoms with Crippen molar-refractivity contribution in [2.75, 3.05) is 6.54 Å². The van der Waals surface area contributed by atoms with E-state index in [-0.39, 0.29) is 11.9 Å². The van der Waals surface area contributed by atoms with Crippen molar-refractivity contribution < 1.29 is 4.79 Å². The molecule has 5 rings (SSSR count). The fourth-order valence-corrected chi connectivity index (χ4v) is 4.53. The number of nitriles is 1. The predicted octanol–water partition coefficient (Wildman–Crippen LogP) is 4.76. The molecule has 4 heteroatoms. The van der Waals surface area contributed by atoms with Crippen LogP contribution < -0.4 is 0 Å². The maximum atomic E-state index is 13.4. The van der Waals surface area contributed by atoms with Gasteiger partial charge in [0.25, 0.3) is 5.91 Å². The largest absolute Gasteiger partial charge is 0.332 e. The molecule has 0 N–H and O–H groups in total. The lowest BCUT2D eigenvalue weighted by molar-refractivity contribution is 0.0645. The molecule has 0 bridgehead atoms. The minimum atomic E-state index is 0.147. The third kappa shape index (κ3) is 3.49. The predicted molar refractivity (Wildman–Crippen MR) is 114 cm³/mol. The lowest BCUT2D eigenvalue weighted by Crippen LogP contribution is -2.43. The Labute approximate surface area is 171 Å². The van der Waals surface area contributed by atoms with Crippen LogP contribution >= 0.6 is 0 Å². The monoisotopic (exact) mass is 381 g/mol. The molecule has 2 aliphatic carbocycles. The van der Waals surface area contributed by atoms with Crippen molar-refractivity contribution in [2.45, 2.75) is 44.2 Å². The van der Waals surface area contributed by atoms with Gasteiger partial charge in [-0.25, -0.2) is 0 Å². The van der Waals surface area contributed by atoms with Gasteiger partial charge in [0.05, 0.1) is 18.2 Å². The molecule has 29 heavy (non-hydrogen) atoms. The van der Waals surface area contributed by atoms with Crippen molar-refractivity contribution in [3.8, 4) is 17.2 Å². The van der Waals surface area contributed by atoms with Gasteiger partial charge in [-0.3, -0.25) is 9.79 Å². The molecule has 1 amide bonds. The quantitative estimate of drug-likeness (QED) is 0.766. The first-order valence-corrected chi connectivity index (χ1v) is 10.4. The average molecular weight is 381 g/mol. The molecule has 1 atom stereocenters. The number of amides is 1. The summed E-state index contributed by atoms with van der Waals surface area (Å²) in [5.74, 6) is 0.147. The van der Waals surface area contributed by atoms with E-state index in [0.717, 1.165) is 55.3 Å². The topological polar surface area (TPSA) is 56.5 Å². The molecule has 1 heterocycles. The highest BCUT2D eigenvalue weighted by atomic mass is 16.2. The summed E-state index contributed by atoms with van der Waals surface area (Å²) in [4.78, 5) is 20.0. The zero-order valence-electron chi connectivity index (χ0n) is 16.3. The SMILES string of the molecule is N#Cc1cccc(-c2ccc(C(=O)N(C3CC3)C3CCC4=C(C=NC4)C3)cc2)c1. The van der Waals surface area contributed by atoms with Gasteiger partial charge in [0.15, 0.2) is 0 Å². The molecule has 2 aromatic rings. The van der Waals surface area contributed by atoms with Crippen LogP contribution in [-0.4, -0.2) is 35.7 Å². The smallest absolute Gasteiger partial charge is 0.254 e. The molecular formula is C25H23N3O. The van der Waals surface area contributed by atoms with Crippen molar-refractivity contribution in [1.29, 1.82) is 5.26 Å². The number of hydrogen-bond donors (Lipinski definition) is 0. The first-order chi connectivity index (χ1) is 14.2. The number of carbonyl (C=O) groups is 1. The van der Waals surface area contributed by atoms with Crippen LogP contribution in [0.15, 0.2) is 64.7 Å². The van der Waals surface area contributed by atoms with E-state index in [0.29, 0.717) is 11.6 Å². The third-order valence-electron chi connectivity index (χ3n) is 6.24. The van der Waals surface area contributed by atoms with Crippen molar-refractivity contribution in [3.63, 3.8) is 0 Å². The Hall–Kier alpha value is -3.19. The minimum absolute atomic E-state index is 0.147. The number of benzene rings is 2. The molecule has 3 aliphatic rings. The molecule has 2 aromatic carbocycles. The second kappa shape index (κ2) is 7.33. The van der Waals surface area contributed by atoms with Crippen molar-refractivity contribution in [3.05, 3.63) is 70.8 Å². The first kappa shape index (κ1) is 17.9. The van der Waals surface area contributed by atoms with E-state index in [9.17, 15) is 4.79 Å². The summed E-state index contributed by atoms with van der Waals surface area (Å²) in [5, 5.41) is 9.11. The van der Waals surface area contributed by atoms with Crippen molar-refractivity contribution >= 4 is 12.1 Å². The maximum absolute atomic E-state index is 13.4. The average Bonchev–Trinajstić information content (AvgIpc) is 3.49. The molecule has 1 unspecified atom stereocenters. The standard InChI is InChI=1S/C25H23N3O/c26-14-17-2-1-3-20(12-17)18-4-6-19(7-5-18)25(29)28(23-10-11-23)24-9-8-21-15-27-16-22(21)13-24/h1-7,12,16,23-24H,8-11,13,15H2. The summed E-state index contributed by atoms with van der Waals surface area (Å²) in [6.45, 7) is 0.855. The third-order valence-corrected chi connectivity index (χ3v) is 6.24. The molecule has 4 nitrogen and oxygen atoms in total. The van der Waals surface area contributed by atoms with Gasteiger partial charge < -0.3 is 4.90 Å². The number of carbonyl (C=O) groups excluding carboxylic acids is 1. The summed E-state index contributed by atoms with van der Waals surface area (Å²) in [6.07, 6.45) is 7.29. The number of aliphatic imine (C=N–C) groups is 1. The normalized spacial score (nSPS) is 20.3. The number of rotatable bonds is 4. The molecule has 0 spiro atoms. The van der Waals surface area contributed by atoms with Crippen molar-refractivity contribution in [2.24, 2.45) is 4.99 Å². The van der Waals surface area contributed by atoms with E-state index in [4.69, 9.17) is 5.26 Å². The zero-order valence-corrected chi connectivity index (χ0v) is 16.3. The van der Waals surface area contributed by atoms with Gasteiger partial charge in [0.1, 0.15) is 0 Å². The molecule has 1 aliphatic heterocycles. The molecule has 0 saturated heterocycles. The van der Waals surface area contributed by atoms with Crippen LogP contribution in [0.5, 0.6) is 0 Å². The van der Waals surface area contributed by atoms with Crippen LogP contribution in [0, 0.1) is 11.3 Å². The van der Waals surface area contributed by atoms with Crippen LogP contribution in [0.3, 0.4) is 0 Å². The van der Waals surface area contributed by atoms with Crippen LogP contribution in [-0.2, 0) is 0 Å². The fraction of sp³-hybridized carbons (Fsp3) is 0.320. The highest BCUT2D eigenvalue weighted by molar-refractivity contribution is 5.95. The Morgan fingerprint density at radius 3 is 2.62 bits per heavy atom. The fourth-order valence-electron chi connectivity index (χ4n) is 4.53. The highest BCUT2D eigenvalue weighted by Crippen LogP contribution is 2.37. The van der Waals surface area contributed by atoms with Crippen LogP contribution in [0.2, 0.25) is 0 Å². The van der Waals surface area contributed by atoms with E-state index in [1.807, 2.05) is 48.7 Å². The Morgan fingerprint density at radius 2 is 1.86 bits per heavy atom. The van der Waals surface area contributed by atoms with Gasteiger partial charge in [0, 0.05) is 23.9 Å². The van der Waals surface area contributed by atoms with Gasteiger partial charge in [-0.2, -0.15) is 5.26 Å². The van der Waals surface area contributed by atoms with Gasteiger partial charge in [0.2, 0.25) is 0 Å². The lowest BCUT2D eigenvalue weighted by Gasteiger charge is -2.35. The van der Waals surface area contributed by atoms with E-state index in [1.54, 1.807) is 6.07 Å². The molecule has 1 fully saturated rings. The van der Waals surface area contributed by atoms with Crippen LogP contribution in [0.25, 0.3) is 11.1 Å². The van der Waals surface area contributed by atoms with Crippen LogP contribution in [0.1, 0.15) is 48.0 Å². The molecule has 1 saturated carbocycles. The first-order valence-electron chi connectivity index (χ1n) is 10.4. The van der Waals surface area contributed by atoms with Gasteiger partial charge in [-0.05, 0) is 78.6 Å². The molecule has 0 radical (unpaired) electrons. The Kier molecular flexibility index (Phi) is 4.52. The minimum Gasteiger partial charge on any atom is -0.332 e. The van der Waals surface area contributed by atoms with E-state index < -0.39 is 0 Å². The van der Waals surface area contributed by atoms with E-state index in [1.165, 1.54) is 11.1 Å². The maximum Gasteiger partial charge on any atom is 0.254 e. The summed E-state index contributed by atoms with van der Waals surface area (Å²) in [5.41, 5.74) is 6.22. The second-order valence-electron chi connectivity index (χ2n) is 8.21. The summed E-state index contributed by atoms with van der Waals surface area (Å²) in [6, 6.07) is 18.2. The summed E-state index contributed by atoms with van der Waals surface area (Å²) < 4.78 is 0. The number of nitrogens with zero attached hydrogens (tertiary/aromatic N) is 3. The van der Waals surface area contributed by atoms with E-state index in [2.05, 4.69) is 16.0 Å². The Bertz CT molecular complexity index is 1050. The van der Waals surface area contributed by atoms with Gasteiger partial charge in [-0.1, -0.05) is 24.3 Å². The summed E-state index contributed by atoms with van der Waals surface area (Å²) >= 11 is 0. The molecular weight excluding hydrogens is 358 g/mol. The van der Waals surface area contributed by atoms with E-state index >= 15 is 0 Å². The van der Waals surface area contributed by atoms with Crippen LogP contribution in [0.4, 0.5) is 0 Å². The van der Waals surface area contributed by atoms with Crippen molar-refractivity contribution in [1.82, 2.24) is 4.90 Å². The Balaban J connectivity index is 1.37. The molecule has 0 aromatic heterocycles. The second-order valence-corrected chi connectivity index (χ2v) is 8.21. The highest BCUT2D eigenvalue weighted by Gasteiger charge is 2.39. The van der Waals surface area contributed by atoms with Gasteiger partial charge in [-0.15, -0.1) is 0 Å². The lowest BCUT2D eigenvalue weighted by atomic mass is 9.88. The molecule has 144 valence electrons. The summed E-state index contributed by atoms with van der Waals surface area (Å²) in [7, 11) is 0. The van der Waals surface area contributed by atoms with Gasteiger partial charge >= 0.3 is 0 Å².